The molecular weight excluding hydrogens is 456 g/mol. The smallest absolute Gasteiger partial charge is 0.228 e. The number of rotatable bonds is 7. The van der Waals surface area contributed by atoms with Crippen LogP contribution in [0.5, 0.6) is 23.0 Å². The highest BCUT2D eigenvalue weighted by molar-refractivity contribution is 6.16. The van der Waals surface area contributed by atoms with Crippen LogP contribution in [0.15, 0.2) is 47.1 Å². The zero-order valence-corrected chi connectivity index (χ0v) is 22.2. The molecule has 0 saturated heterocycles. The summed E-state index contributed by atoms with van der Waals surface area (Å²) in [4.78, 5) is 13.9. The highest BCUT2D eigenvalue weighted by Crippen LogP contribution is 2.47. The van der Waals surface area contributed by atoms with Gasteiger partial charge in [-0.15, -0.1) is 0 Å². The van der Waals surface area contributed by atoms with Crippen LogP contribution >= 0.6 is 0 Å². The number of allylic oxidation sites excluding steroid dienone is 5. The number of aryl methyl sites for hydroxylation is 1. The first kappa shape index (κ1) is 27.1. The molecule has 6 nitrogen and oxygen atoms in total. The maximum atomic E-state index is 13.9. The molecule has 0 radical (unpaired) electrons. The fraction of sp³-hybridized carbons (Fsp3) is 0.367. The summed E-state index contributed by atoms with van der Waals surface area (Å²) in [6, 6.07) is 3.24. The fourth-order valence-corrected chi connectivity index (χ4v) is 4.11. The second kappa shape index (κ2) is 11.0. The Morgan fingerprint density at radius 3 is 2.08 bits per heavy atom. The summed E-state index contributed by atoms with van der Waals surface area (Å²) in [6.45, 7) is 13.7. The number of phenolic OH excluding ortho intramolecular Hbond substituents is 2. The molecule has 6 heteroatoms. The Morgan fingerprint density at radius 1 is 0.917 bits per heavy atom. The molecule has 36 heavy (non-hydrogen) atoms. The molecule has 2 aromatic carbocycles. The van der Waals surface area contributed by atoms with Gasteiger partial charge in [-0.1, -0.05) is 28.9 Å². The molecule has 3 rings (SSSR count). The van der Waals surface area contributed by atoms with Crippen molar-refractivity contribution in [3.63, 3.8) is 0 Å². The second-order valence-corrected chi connectivity index (χ2v) is 9.94. The van der Waals surface area contributed by atoms with E-state index in [1.54, 1.807) is 13.0 Å². The van der Waals surface area contributed by atoms with Crippen LogP contribution in [0.4, 0.5) is 0 Å². The average Bonchev–Trinajstić information content (AvgIpc) is 2.89. The zero-order chi connectivity index (χ0) is 26.7. The molecule has 0 aromatic heterocycles. The van der Waals surface area contributed by atoms with Gasteiger partial charge in [-0.3, -0.25) is 4.79 Å². The first-order valence-electron chi connectivity index (χ1n) is 12.1. The predicted octanol–water partition coefficient (Wildman–Crippen LogP) is 6.38. The van der Waals surface area contributed by atoms with Crippen LogP contribution < -0.4 is 9.47 Å². The van der Waals surface area contributed by atoms with Crippen LogP contribution in [0.2, 0.25) is 0 Å². The Kier molecular flexibility index (Phi) is 8.31. The van der Waals surface area contributed by atoms with Crippen molar-refractivity contribution < 1.29 is 29.6 Å². The summed E-state index contributed by atoms with van der Waals surface area (Å²) < 4.78 is 11.9. The molecule has 0 saturated carbocycles. The zero-order valence-electron chi connectivity index (χ0n) is 22.2. The van der Waals surface area contributed by atoms with Crippen molar-refractivity contribution in [1.29, 1.82) is 0 Å². The van der Waals surface area contributed by atoms with E-state index >= 15 is 0 Å². The number of aromatic hydroxyl groups is 2. The lowest BCUT2D eigenvalue weighted by molar-refractivity contribution is -0.0215. The van der Waals surface area contributed by atoms with Crippen LogP contribution in [-0.2, 0) is 12.8 Å². The van der Waals surface area contributed by atoms with E-state index in [1.165, 1.54) is 6.07 Å². The Hall–Kier alpha value is -3.51. The molecule has 1 unspecified atom stereocenters. The summed E-state index contributed by atoms with van der Waals surface area (Å²) in [6.07, 6.45) is 5.10. The molecule has 1 aliphatic rings. The van der Waals surface area contributed by atoms with Crippen LogP contribution in [0, 0.1) is 6.92 Å². The van der Waals surface area contributed by atoms with E-state index in [-0.39, 0.29) is 46.3 Å². The molecular formula is C30H36O6. The van der Waals surface area contributed by atoms with Crippen molar-refractivity contribution in [2.45, 2.75) is 67.6 Å². The molecule has 0 amide bonds. The lowest BCUT2D eigenvalue weighted by Gasteiger charge is -2.20. The molecule has 192 valence electrons. The molecule has 0 spiro atoms. The number of hydrogen-bond donors (Lipinski definition) is 3. The number of ether oxygens (including phenoxy) is 2. The highest BCUT2D eigenvalue weighted by Gasteiger charge is 2.37. The number of carbonyl (C=O) groups excluding carboxylic acids is 1. The van der Waals surface area contributed by atoms with E-state index in [0.717, 1.165) is 16.7 Å². The van der Waals surface area contributed by atoms with Gasteiger partial charge in [0, 0.05) is 0 Å². The van der Waals surface area contributed by atoms with Gasteiger partial charge >= 0.3 is 0 Å². The number of fused-ring (bicyclic) bond motifs is 2. The first-order valence-corrected chi connectivity index (χ1v) is 12.1. The molecule has 1 aliphatic heterocycles. The van der Waals surface area contributed by atoms with Gasteiger partial charge in [-0.2, -0.15) is 0 Å². The van der Waals surface area contributed by atoms with E-state index in [0.29, 0.717) is 29.5 Å². The maximum absolute atomic E-state index is 13.9. The standard InChI is InChI=1S/C30H36O6/c1-16(2)8-10-20-15-21(11-9-17(3)4)29-25(26(20)32)27(33)23-22(31)14-19(7)28(24(23)30(34)36-29)35-13-12-18(5)6/h8-9,12,14-15,30-32,34H,10-11,13H2,1-7H3. The Morgan fingerprint density at radius 2 is 1.50 bits per heavy atom. The molecule has 3 N–H and O–H groups in total. The molecule has 0 bridgehead atoms. The summed E-state index contributed by atoms with van der Waals surface area (Å²) in [7, 11) is 0. The van der Waals surface area contributed by atoms with Gasteiger partial charge in [-0.25, -0.2) is 0 Å². The Balaban J connectivity index is 2.29. The average molecular weight is 493 g/mol. The van der Waals surface area contributed by atoms with E-state index in [1.807, 2.05) is 59.8 Å². The van der Waals surface area contributed by atoms with Crippen LogP contribution in [0.3, 0.4) is 0 Å². The molecule has 1 heterocycles. The number of aliphatic hydroxyl groups excluding tert-OH is 1. The van der Waals surface area contributed by atoms with Gasteiger partial charge < -0.3 is 24.8 Å². The van der Waals surface area contributed by atoms with Gasteiger partial charge in [0.25, 0.3) is 0 Å². The topological polar surface area (TPSA) is 96.2 Å². The normalized spacial score (nSPS) is 14.1. The van der Waals surface area contributed by atoms with Crippen LogP contribution in [0.1, 0.15) is 86.0 Å². The molecule has 2 aromatic rings. The van der Waals surface area contributed by atoms with Gasteiger partial charge in [-0.05, 0) is 96.2 Å². The lowest BCUT2D eigenvalue weighted by atomic mass is 9.90. The SMILES string of the molecule is CC(C)=CCOc1c(C)cc(O)c2c1C(O)Oc1c(CC=C(C)C)cc(CC=C(C)C)c(O)c1C2=O. The van der Waals surface area contributed by atoms with Gasteiger partial charge in [0.15, 0.2) is 0 Å². The minimum absolute atomic E-state index is 0.0502. The Labute approximate surface area is 213 Å². The number of aliphatic hydroxyl groups is 1. The van der Waals surface area contributed by atoms with Gasteiger partial charge in [0.05, 0.1) is 11.1 Å². The summed E-state index contributed by atoms with van der Waals surface area (Å²) in [5.41, 5.74) is 4.82. The monoisotopic (exact) mass is 492 g/mol. The summed E-state index contributed by atoms with van der Waals surface area (Å²) in [5.74, 6) is -0.787. The van der Waals surface area contributed by atoms with E-state index in [9.17, 15) is 20.1 Å². The maximum Gasteiger partial charge on any atom is 0.228 e. The third-order valence-electron chi connectivity index (χ3n) is 6.00. The molecule has 1 atom stereocenters. The van der Waals surface area contributed by atoms with E-state index in [4.69, 9.17) is 9.47 Å². The largest absolute Gasteiger partial charge is 0.507 e. The van der Waals surface area contributed by atoms with Crippen molar-refractivity contribution in [3.05, 3.63) is 80.5 Å². The molecule has 0 aliphatic carbocycles. The summed E-state index contributed by atoms with van der Waals surface area (Å²) in [5, 5.41) is 33.3. The second-order valence-electron chi connectivity index (χ2n) is 9.94. The first-order chi connectivity index (χ1) is 16.9. The van der Waals surface area contributed by atoms with Crippen molar-refractivity contribution in [1.82, 2.24) is 0 Å². The predicted molar refractivity (Wildman–Crippen MR) is 141 cm³/mol. The van der Waals surface area contributed by atoms with Gasteiger partial charge in [0.2, 0.25) is 12.1 Å². The lowest BCUT2D eigenvalue weighted by Crippen LogP contribution is -2.13. The molecule has 0 fully saturated rings. The number of phenols is 2. The van der Waals surface area contributed by atoms with Crippen molar-refractivity contribution in [2.24, 2.45) is 0 Å². The number of benzene rings is 2. The third kappa shape index (κ3) is 5.65. The van der Waals surface area contributed by atoms with Crippen LogP contribution in [0.25, 0.3) is 0 Å². The minimum Gasteiger partial charge on any atom is -0.507 e. The van der Waals surface area contributed by atoms with E-state index < -0.39 is 12.1 Å². The van der Waals surface area contributed by atoms with Crippen molar-refractivity contribution in [2.75, 3.05) is 6.61 Å². The number of ketones is 1. The van der Waals surface area contributed by atoms with Crippen molar-refractivity contribution >= 4 is 5.78 Å². The number of carbonyl (C=O) groups is 1. The quantitative estimate of drug-likeness (QED) is 0.388. The highest BCUT2D eigenvalue weighted by atomic mass is 16.6. The Bertz CT molecular complexity index is 1270. The van der Waals surface area contributed by atoms with Crippen molar-refractivity contribution in [3.8, 4) is 23.0 Å². The minimum atomic E-state index is -1.59. The number of hydrogen-bond acceptors (Lipinski definition) is 6. The summed E-state index contributed by atoms with van der Waals surface area (Å²) >= 11 is 0. The fourth-order valence-electron chi connectivity index (χ4n) is 4.11. The van der Waals surface area contributed by atoms with Crippen LogP contribution in [-0.4, -0.2) is 27.7 Å². The van der Waals surface area contributed by atoms with E-state index in [2.05, 4.69) is 0 Å². The van der Waals surface area contributed by atoms with Gasteiger partial charge in [0.1, 0.15) is 35.2 Å². The third-order valence-corrected chi connectivity index (χ3v) is 6.00.